The van der Waals surface area contributed by atoms with Crippen LogP contribution < -0.4 is 10.1 Å². The number of aliphatic hydroxyl groups excluding tert-OH is 1. The number of nitrogens with one attached hydrogen (secondary N) is 1. The van der Waals surface area contributed by atoms with Gasteiger partial charge in [-0.25, -0.2) is 0 Å². The first-order chi connectivity index (χ1) is 7.67. The molecule has 2 N–H and O–H groups in total. The van der Waals surface area contributed by atoms with E-state index < -0.39 is 6.29 Å². The molecule has 88 valence electrons. The lowest BCUT2D eigenvalue weighted by molar-refractivity contribution is 0.0147. The van der Waals surface area contributed by atoms with E-state index in [1.54, 1.807) is 0 Å². The molecule has 0 aliphatic heterocycles. The fourth-order valence-corrected chi connectivity index (χ4v) is 1.25. The average Bonchev–Trinajstić information content (AvgIpc) is 2.29. The molecule has 0 saturated heterocycles. The Hall–Kier alpha value is -1.48. The lowest BCUT2D eigenvalue weighted by Gasteiger charge is -2.14. The molecule has 0 heterocycles. The van der Waals surface area contributed by atoms with Gasteiger partial charge in [0, 0.05) is 18.3 Å². The van der Waals surface area contributed by atoms with Gasteiger partial charge in [0.1, 0.15) is 5.75 Å². The van der Waals surface area contributed by atoms with Crippen molar-refractivity contribution in [1.29, 1.82) is 0 Å². The summed E-state index contributed by atoms with van der Waals surface area (Å²) in [6, 6.07) is 7.55. The Morgan fingerprint density at radius 1 is 1.56 bits per heavy atom. The van der Waals surface area contributed by atoms with Crippen LogP contribution in [0.4, 0.5) is 5.69 Å². The molecule has 0 bridgehead atoms. The van der Waals surface area contributed by atoms with Gasteiger partial charge in [0.2, 0.25) is 6.29 Å². The van der Waals surface area contributed by atoms with Gasteiger partial charge >= 0.3 is 0 Å². The first kappa shape index (κ1) is 12.6. The van der Waals surface area contributed by atoms with Gasteiger partial charge in [0.15, 0.2) is 0 Å². The molecule has 0 aliphatic rings. The van der Waals surface area contributed by atoms with E-state index in [1.165, 1.54) is 0 Å². The molecule has 0 fully saturated rings. The van der Waals surface area contributed by atoms with Crippen molar-refractivity contribution in [2.75, 3.05) is 11.9 Å². The van der Waals surface area contributed by atoms with E-state index in [-0.39, 0.29) is 0 Å². The maximum absolute atomic E-state index is 9.68. The summed E-state index contributed by atoms with van der Waals surface area (Å²) in [4.78, 5) is 0. The molecule has 0 aromatic heterocycles. The normalized spacial score (nSPS) is 13.4. The highest BCUT2D eigenvalue weighted by molar-refractivity contribution is 5.48. The molecule has 16 heavy (non-hydrogen) atoms. The van der Waals surface area contributed by atoms with Crippen LogP contribution >= 0.6 is 0 Å². The van der Waals surface area contributed by atoms with Crippen molar-refractivity contribution in [1.82, 2.24) is 0 Å². The maximum atomic E-state index is 9.68. The van der Waals surface area contributed by atoms with E-state index in [0.29, 0.717) is 5.75 Å². The fraction of sp³-hybridized carbons (Fsp3) is 0.385. The molecule has 1 rings (SSSR count). The van der Waals surface area contributed by atoms with Gasteiger partial charge in [0.05, 0.1) is 0 Å². The van der Waals surface area contributed by atoms with E-state index in [0.717, 1.165) is 17.8 Å². The minimum Gasteiger partial charge on any atom is -0.461 e. The van der Waals surface area contributed by atoms with Crippen LogP contribution in [0.5, 0.6) is 5.75 Å². The SMILES string of the molecule is CC=C(C)C(O)Oc1cccc(NCC)c1. The zero-order valence-electron chi connectivity index (χ0n) is 10.0. The molecule has 0 radical (unpaired) electrons. The zero-order valence-corrected chi connectivity index (χ0v) is 10.0. The van der Waals surface area contributed by atoms with E-state index in [2.05, 4.69) is 5.32 Å². The first-order valence-corrected chi connectivity index (χ1v) is 5.48. The summed E-state index contributed by atoms with van der Waals surface area (Å²) in [6.45, 7) is 6.60. The Morgan fingerprint density at radius 2 is 2.31 bits per heavy atom. The highest BCUT2D eigenvalue weighted by Gasteiger charge is 2.07. The van der Waals surface area contributed by atoms with Crippen molar-refractivity contribution in [2.24, 2.45) is 0 Å². The Morgan fingerprint density at radius 3 is 2.94 bits per heavy atom. The molecule has 1 atom stereocenters. The van der Waals surface area contributed by atoms with Gasteiger partial charge in [0.25, 0.3) is 0 Å². The van der Waals surface area contributed by atoms with Crippen molar-refractivity contribution >= 4 is 5.69 Å². The maximum Gasteiger partial charge on any atom is 0.219 e. The largest absolute Gasteiger partial charge is 0.461 e. The molecule has 0 amide bonds. The third kappa shape index (κ3) is 3.59. The van der Waals surface area contributed by atoms with Gasteiger partial charge < -0.3 is 15.2 Å². The molecule has 1 unspecified atom stereocenters. The van der Waals surface area contributed by atoms with Crippen molar-refractivity contribution in [3.05, 3.63) is 35.9 Å². The number of ether oxygens (including phenoxy) is 1. The molecular weight excluding hydrogens is 202 g/mol. The van der Waals surface area contributed by atoms with Gasteiger partial charge in [-0.05, 0) is 38.5 Å². The van der Waals surface area contributed by atoms with E-state index in [4.69, 9.17) is 4.74 Å². The number of rotatable bonds is 5. The molecule has 3 heteroatoms. The van der Waals surface area contributed by atoms with Gasteiger partial charge in [-0.2, -0.15) is 0 Å². The van der Waals surface area contributed by atoms with Crippen LogP contribution in [0, 0.1) is 0 Å². The second kappa shape index (κ2) is 6.18. The molecule has 1 aromatic rings. The third-order valence-electron chi connectivity index (χ3n) is 2.31. The summed E-state index contributed by atoms with van der Waals surface area (Å²) in [5.41, 5.74) is 1.79. The lowest BCUT2D eigenvalue weighted by Crippen LogP contribution is -2.16. The topological polar surface area (TPSA) is 41.5 Å². The number of anilines is 1. The monoisotopic (exact) mass is 221 g/mol. The van der Waals surface area contributed by atoms with Crippen LogP contribution in [0.15, 0.2) is 35.9 Å². The Labute approximate surface area is 96.8 Å². The first-order valence-electron chi connectivity index (χ1n) is 5.48. The average molecular weight is 221 g/mol. The van der Waals surface area contributed by atoms with Gasteiger partial charge in [-0.15, -0.1) is 0 Å². The Balaban J connectivity index is 2.70. The standard InChI is InChI=1S/C13H19NO2/c1-4-10(3)13(15)16-12-8-6-7-11(9-12)14-5-2/h4,6-9,13-15H,5H2,1-3H3. The predicted molar refractivity (Wildman–Crippen MR) is 66.7 cm³/mol. The highest BCUT2D eigenvalue weighted by Crippen LogP contribution is 2.19. The minimum absolute atomic E-state index is 0.659. The van der Waals surface area contributed by atoms with Crippen molar-refractivity contribution in [2.45, 2.75) is 27.1 Å². The van der Waals surface area contributed by atoms with Crippen LogP contribution in [0.2, 0.25) is 0 Å². The number of benzene rings is 1. The summed E-state index contributed by atoms with van der Waals surface area (Å²) in [7, 11) is 0. The molecule has 0 saturated carbocycles. The van der Waals surface area contributed by atoms with Crippen LogP contribution in [0.3, 0.4) is 0 Å². The second-order valence-corrected chi connectivity index (χ2v) is 3.56. The van der Waals surface area contributed by atoms with E-state index >= 15 is 0 Å². The minimum atomic E-state index is -0.873. The second-order valence-electron chi connectivity index (χ2n) is 3.56. The zero-order chi connectivity index (χ0) is 12.0. The predicted octanol–water partition coefficient (Wildman–Crippen LogP) is 2.78. The van der Waals surface area contributed by atoms with Gasteiger partial charge in [-0.3, -0.25) is 0 Å². The summed E-state index contributed by atoms with van der Waals surface area (Å²) in [6.07, 6.45) is 0.959. The summed E-state index contributed by atoms with van der Waals surface area (Å²) < 4.78 is 5.40. The molecule has 0 aliphatic carbocycles. The highest BCUT2D eigenvalue weighted by atomic mass is 16.6. The van der Waals surface area contributed by atoms with Crippen molar-refractivity contribution in [3.8, 4) is 5.75 Å². The quantitative estimate of drug-likeness (QED) is 0.593. The summed E-state index contributed by atoms with van der Waals surface area (Å²) >= 11 is 0. The van der Waals surface area contributed by atoms with Crippen LogP contribution in [-0.4, -0.2) is 17.9 Å². The van der Waals surface area contributed by atoms with Crippen molar-refractivity contribution in [3.63, 3.8) is 0 Å². The van der Waals surface area contributed by atoms with Crippen LogP contribution in [0.1, 0.15) is 20.8 Å². The Kier molecular flexibility index (Phi) is 4.86. The molecular formula is C13H19NO2. The number of aliphatic hydroxyl groups is 1. The fourth-order valence-electron chi connectivity index (χ4n) is 1.25. The lowest BCUT2D eigenvalue weighted by atomic mass is 10.2. The summed E-state index contributed by atoms with van der Waals surface area (Å²) in [5.74, 6) is 0.659. The van der Waals surface area contributed by atoms with E-state index in [1.807, 2.05) is 51.1 Å². The molecule has 1 aromatic carbocycles. The van der Waals surface area contributed by atoms with Crippen LogP contribution in [0.25, 0.3) is 0 Å². The summed E-state index contributed by atoms with van der Waals surface area (Å²) in [5, 5.41) is 12.9. The third-order valence-corrected chi connectivity index (χ3v) is 2.31. The van der Waals surface area contributed by atoms with E-state index in [9.17, 15) is 5.11 Å². The number of hydrogen-bond donors (Lipinski definition) is 2. The molecule has 3 nitrogen and oxygen atoms in total. The smallest absolute Gasteiger partial charge is 0.219 e. The number of allylic oxidation sites excluding steroid dienone is 1. The van der Waals surface area contributed by atoms with Gasteiger partial charge in [-0.1, -0.05) is 12.1 Å². The molecule has 0 spiro atoms. The van der Waals surface area contributed by atoms with Crippen molar-refractivity contribution < 1.29 is 9.84 Å². The Bertz CT molecular complexity index is 361. The van der Waals surface area contributed by atoms with Crippen LogP contribution in [-0.2, 0) is 0 Å². The number of hydrogen-bond acceptors (Lipinski definition) is 3.